The van der Waals surface area contributed by atoms with Gasteiger partial charge in [-0.3, -0.25) is 0 Å². The van der Waals surface area contributed by atoms with E-state index >= 15 is 0 Å². The maximum Gasteiger partial charge on any atom is 0.119 e. The van der Waals surface area contributed by atoms with Crippen molar-refractivity contribution < 1.29 is 14.4 Å². The lowest BCUT2D eigenvalue weighted by Gasteiger charge is -2.06. The summed E-state index contributed by atoms with van der Waals surface area (Å²) in [4.78, 5) is 10.1. The summed E-state index contributed by atoms with van der Waals surface area (Å²) in [6.45, 7) is 7.48. The van der Waals surface area contributed by atoms with E-state index in [-0.39, 0.29) is 0 Å². The van der Waals surface area contributed by atoms with Crippen LogP contribution in [0.2, 0.25) is 0 Å². The van der Waals surface area contributed by atoms with Gasteiger partial charge in [-0.1, -0.05) is 10.3 Å². The van der Waals surface area contributed by atoms with Crippen molar-refractivity contribution in [2.75, 3.05) is 19.8 Å². The summed E-state index contributed by atoms with van der Waals surface area (Å²) in [5.41, 5.74) is 1.78. The average Bonchev–Trinajstić information content (AvgIpc) is 2.48. The lowest BCUT2D eigenvalue weighted by Crippen LogP contribution is -2.04. The Hall–Kier alpha value is -2.04. The first-order valence-corrected chi connectivity index (χ1v) is 6.87. The molecule has 5 nitrogen and oxygen atoms in total. The molecule has 20 heavy (non-hydrogen) atoms. The maximum atomic E-state index is 5.42. The standard InChI is InChI=1S/C15H22N2O3/c1-4-18-14-9-7-13(8-10-14)15(17-20-6-3)11-12-16-19-5-2/h7-10,12H,4-6,11H2,1-3H3/b16-12+,17-15-. The van der Waals surface area contributed by atoms with Gasteiger partial charge in [0.1, 0.15) is 19.0 Å². The molecule has 0 fully saturated rings. The minimum Gasteiger partial charge on any atom is -0.494 e. The quantitative estimate of drug-likeness (QED) is 0.514. The molecule has 0 unspecified atom stereocenters. The summed E-state index contributed by atoms with van der Waals surface area (Å²) in [6, 6.07) is 7.74. The highest BCUT2D eigenvalue weighted by Gasteiger charge is 2.04. The second-order valence-corrected chi connectivity index (χ2v) is 3.82. The summed E-state index contributed by atoms with van der Waals surface area (Å²) in [7, 11) is 0. The molecule has 0 aromatic heterocycles. The van der Waals surface area contributed by atoms with E-state index < -0.39 is 0 Å². The number of benzene rings is 1. The number of nitrogens with zero attached hydrogens (tertiary/aromatic N) is 2. The van der Waals surface area contributed by atoms with E-state index in [1.54, 1.807) is 6.21 Å². The minimum absolute atomic E-state index is 0.531. The van der Waals surface area contributed by atoms with Crippen LogP contribution in [0.25, 0.3) is 0 Å². The van der Waals surface area contributed by atoms with Gasteiger partial charge in [-0.25, -0.2) is 0 Å². The molecule has 5 heteroatoms. The third kappa shape index (κ3) is 5.73. The summed E-state index contributed by atoms with van der Waals surface area (Å²) < 4.78 is 5.42. The van der Waals surface area contributed by atoms with Crippen LogP contribution in [0.3, 0.4) is 0 Å². The largest absolute Gasteiger partial charge is 0.494 e. The SMILES string of the molecule is CCO/N=C(/C/C=N/OCC)c1ccc(OCC)cc1. The Kier molecular flexibility index (Phi) is 7.87. The van der Waals surface area contributed by atoms with E-state index in [2.05, 4.69) is 10.3 Å². The van der Waals surface area contributed by atoms with Gasteiger partial charge in [0.05, 0.1) is 12.3 Å². The average molecular weight is 278 g/mol. The normalized spacial score (nSPS) is 11.7. The van der Waals surface area contributed by atoms with Gasteiger partial charge in [0, 0.05) is 12.6 Å². The Morgan fingerprint density at radius 2 is 1.70 bits per heavy atom. The first-order chi connectivity index (χ1) is 9.81. The van der Waals surface area contributed by atoms with Gasteiger partial charge in [-0.05, 0) is 50.6 Å². The monoisotopic (exact) mass is 278 g/mol. The fourth-order valence-electron chi connectivity index (χ4n) is 1.51. The van der Waals surface area contributed by atoms with Crippen molar-refractivity contribution >= 4 is 11.9 Å². The highest BCUT2D eigenvalue weighted by atomic mass is 16.6. The van der Waals surface area contributed by atoms with Crippen molar-refractivity contribution in [1.29, 1.82) is 0 Å². The van der Waals surface area contributed by atoms with Crippen molar-refractivity contribution in [3.8, 4) is 5.75 Å². The van der Waals surface area contributed by atoms with Crippen LogP contribution in [0.15, 0.2) is 34.6 Å². The van der Waals surface area contributed by atoms with Gasteiger partial charge in [0.25, 0.3) is 0 Å². The molecule has 0 spiro atoms. The molecule has 0 radical (unpaired) electrons. The van der Waals surface area contributed by atoms with Crippen LogP contribution < -0.4 is 4.74 Å². The van der Waals surface area contributed by atoms with E-state index in [1.165, 1.54) is 0 Å². The molecule has 110 valence electrons. The molecular formula is C15H22N2O3. The molecule has 0 bridgehead atoms. The molecule has 0 N–H and O–H groups in total. The van der Waals surface area contributed by atoms with Crippen LogP contribution in [0.5, 0.6) is 5.75 Å². The fourth-order valence-corrected chi connectivity index (χ4v) is 1.51. The van der Waals surface area contributed by atoms with E-state index in [1.807, 2.05) is 45.0 Å². The Morgan fingerprint density at radius 3 is 2.30 bits per heavy atom. The molecule has 0 saturated carbocycles. The zero-order valence-electron chi connectivity index (χ0n) is 12.3. The number of ether oxygens (including phenoxy) is 1. The van der Waals surface area contributed by atoms with Gasteiger partial charge in [-0.2, -0.15) is 0 Å². The zero-order valence-corrected chi connectivity index (χ0v) is 12.3. The summed E-state index contributed by atoms with van der Waals surface area (Å²) in [6.07, 6.45) is 2.23. The Balaban J connectivity index is 2.76. The predicted molar refractivity (Wildman–Crippen MR) is 80.5 cm³/mol. The molecule has 0 aliphatic heterocycles. The van der Waals surface area contributed by atoms with Crippen LogP contribution in [-0.4, -0.2) is 31.7 Å². The van der Waals surface area contributed by atoms with Gasteiger partial charge in [-0.15, -0.1) is 0 Å². The number of hydrogen-bond acceptors (Lipinski definition) is 5. The lowest BCUT2D eigenvalue weighted by molar-refractivity contribution is 0.157. The smallest absolute Gasteiger partial charge is 0.119 e. The number of oxime groups is 2. The van der Waals surface area contributed by atoms with Gasteiger partial charge in [0.2, 0.25) is 0 Å². The molecule has 1 rings (SSSR count). The number of rotatable bonds is 9. The van der Waals surface area contributed by atoms with E-state index in [0.717, 1.165) is 17.0 Å². The van der Waals surface area contributed by atoms with Crippen molar-refractivity contribution in [1.82, 2.24) is 0 Å². The van der Waals surface area contributed by atoms with Crippen LogP contribution in [0.4, 0.5) is 0 Å². The van der Waals surface area contributed by atoms with Crippen LogP contribution in [0.1, 0.15) is 32.8 Å². The third-order valence-electron chi connectivity index (χ3n) is 2.37. The van der Waals surface area contributed by atoms with Crippen LogP contribution in [0, 0.1) is 0 Å². The van der Waals surface area contributed by atoms with Gasteiger partial charge in [0.15, 0.2) is 0 Å². The molecule has 0 heterocycles. The number of hydrogen-bond donors (Lipinski definition) is 0. The molecule has 0 amide bonds. The minimum atomic E-state index is 0.531. The van der Waals surface area contributed by atoms with Crippen molar-refractivity contribution in [3.05, 3.63) is 29.8 Å². The zero-order chi connectivity index (χ0) is 14.6. The van der Waals surface area contributed by atoms with E-state index in [4.69, 9.17) is 14.4 Å². The first-order valence-electron chi connectivity index (χ1n) is 6.87. The van der Waals surface area contributed by atoms with E-state index in [9.17, 15) is 0 Å². The Labute approximate surface area is 120 Å². The molecule has 0 aliphatic carbocycles. The molecular weight excluding hydrogens is 256 g/mol. The van der Waals surface area contributed by atoms with E-state index in [0.29, 0.717) is 26.2 Å². The highest BCUT2D eigenvalue weighted by Crippen LogP contribution is 2.14. The van der Waals surface area contributed by atoms with Gasteiger partial charge >= 0.3 is 0 Å². The second-order valence-electron chi connectivity index (χ2n) is 3.82. The van der Waals surface area contributed by atoms with Crippen LogP contribution >= 0.6 is 0 Å². The summed E-state index contributed by atoms with van der Waals surface area (Å²) in [5, 5.41) is 7.94. The van der Waals surface area contributed by atoms with Crippen LogP contribution in [-0.2, 0) is 9.68 Å². The summed E-state index contributed by atoms with van der Waals surface area (Å²) >= 11 is 0. The second kappa shape index (κ2) is 9.83. The van der Waals surface area contributed by atoms with Gasteiger partial charge < -0.3 is 14.4 Å². The Morgan fingerprint density at radius 1 is 1.00 bits per heavy atom. The molecule has 0 atom stereocenters. The van der Waals surface area contributed by atoms with Crippen molar-refractivity contribution in [3.63, 3.8) is 0 Å². The lowest BCUT2D eigenvalue weighted by atomic mass is 10.1. The predicted octanol–water partition coefficient (Wildman–Crippen LogP) is 3.24. The maximum absolute atomic E-state index is 5.42. The first kappa shape index (κ1) is 16.0. The molecule has 0 aliphatic rings. The molecule has 1 aromatic rings. The molecule has 1 aromatic carbocycles. The van der Waals surface area contributed by atoms with Crippen molar-refractivity contribution in [2.45, 2.75) is 27.2 Å². The van der Waals surface area contributed by atoms with Crippen molar-refractivity contribution in [2.24, 2.45) is 10.3 Å². The fraction of sp³-hybridized carbons (Fsp3) is 0.467. The highest BCUT2D eigenvalue weighted by molar-refractivity contribution is 6.07. The Bertz CT molecular complexity index is 427. The topological polar surface area (TPSA) is 52.4 Å². The third-order valence-corrected chi connectivity index (χ3v) is 2.37. The summed E-state index contributed by atoms with van der Waals surface area (Å²) in [5.74, 6) is 0.843. The molecule has 0 saturated heterocycles.